The number of anilines is 1. The van der Waals surface area contributed by atoms with Gasteiger partial charge in [-0.3, -0.25) is 9.59 Å². The van der Waals surface area contributed by atoms with Gasteiger partial charge in [-0.2, -0.15) is 0 Å². The van der Waals surface area contributed by atoms with Crippen LogP contribution in [0.2, 0.25) is 0 Å². The number of methoxy groups -OCH3 is 1. The summed E-state index contributed by atoms with van der Waals surface area (Å²) in [7, 11) is -2.57. The van der Waals surface area contributed by atoms with Gasteiger partial charge < -0.3 is 10.1 Å². The maximum Gasteiger partial charge on any atom is 0.239 e. The molecule has 0 fully saturated rings. The maximum absolute atomic E-state index is 13.4. The molecule has 3 unspecified atom stereocenters. The highest BCUT2D eigenvalue weighted by Gasteiger charge is 2.39. The van der Waals surface area contributed by atoms with E-state index in [9.17, 15) is 18.0 Å². The van der Waals surface area contributed by atoms with E-state index in [-0.39, 0.29) is 6.42 Å². The first-order valence-corrected chi connectivity index (χ1v) is 17.4. The van der Waals surface area contributed by atoms with Gasteiger partial charge in [-0.05, 0) is 42.8 Å². The Morgan fingerprint density at radius 2 is 1.36 bits per heavy atom. The van der Waals surface area contributed by atoms with E-state index in [1.807, 2.05) is 6.07 Å². The van der Waals surface area contributed by atoms with Gasteiger partial charge in [0.15, 0.2) is 5.78 Å². The molecule has 3 atom stereocenters. The summed E-state index contributed by atoms with van der Waals surface area (Å²) in [6.45, 7) is 1.75. The highest BCUT2D eigenvalue weighted by atomic mass is 35.5. The van der Waals surface area contributed by atoms with E-state index in [0.29, 0.717) is 23.4 Å². The van der Waals surface area contributed by atoms with Crippen LogP contribution >= 0.6 is 23.2 Å². The highest BCUT2D eigenvalue weighted by molar-refractivity contribution is 7.90. The number of halogens is 2. The van der Waals surface area contributed by atoms with Crippen molar-refractivity contribution in [2.75, 3.05) is 19.0 Å². The molecule has 1 amide bonds. The summed E-state index contributed by atoms with van der Waals surface area (Å²) in [4.78, 5) is 25.5. The minimum atomic E-state index is -4.09. The van der Waals surface area contributed by atoms with Crippen LogP contribution < -0.4 is 14.8 Å². The number of sulfonamides is 1. The maximum atomic E-state index is 13.4. The Morgan fingerprint density at radius 3 is 1.90 bits per heavy atom. The molecule has 42 heavy (non-hydrogen) atoms. The molecule has 0 aliphatic heterocycles. The van der Waals surface area contributed by atoms with Gasteiger partial charge in [0.05, 0.1) is 24.3 Å². The van der Waals surface area contributed by atoms with Gasteiger partial charge in [-0.15, -0.1) is 23.2 Å². The molecule has 234 valence electrons. The van der Waals surface area contributed by atoms with Crippen molar-refractivity contribution in [2.45, 2.75) is 100.0 Å². The van der Waals surface area contributed by atoms with E-state index < -0.39 is 44.3 Å². The standard InChI is InChI=1S/C32H46Cl2N2O5S/c1-3-4-5-6-7-8-9-10-11-12-16-19-28(30(33)31(34)32(38)25-20-22-27(41-2)23-21-25)42(39,40)35-24-29(37)36-26-17-14-13-15-18-26/h13-15,17-18,20-23,28,30-31,35H,3-12,16,19,24H2,1-2H3,(H,36,37). The summed E-state index contributed by atoms with van der Waals surface area (Å²) in [5, 5.41) is -0.998. The third-order valence-corrected chi connectivity index (χ3v) is 10.4. The van der Waals surface area contributed by atoms with Crippen LogP contribution in [0.4, 0.5) is 5.69 Å². The van der Waals surface area contributed by atoms with Crippen molar-refractivity contribution in [1.82, 2.24) is 4.72 Å². The molecule has 0 heterocycles. The average Bonchev–Trinajstić information content (AvgIpc) is 3.00. The summed E-state index contributed by atoms with van der Waals surface area (Å²) in [5.41, 5.74) is 0.864. The van der Waals surface area contributed by atoms with E-state index in [1.165, 1.54) is 52.1 Å². The lowest BCUT2D eigenvalue weighted by Gasteiger charge is -2.25. The molecule has 0 radical (unpaired) electrons. The zero-order chi connectivity index (χ0) is 30.8. The normalized spacial score (nSPS) is 13.7. The minimum absolute atomic E-state index is 0.222. The Hall–Kier alpha value is -2.13. The van der Waals surface area contributed by atoms with Crippen molar-refractivity contribution in [2.24, 2.45) is 0 Å². The van der Waals surface area contributed by atoms with Crippen LogP contribution in [-0.2, 0) is 14.8 Å². The number of para-hydroxylation sites is 1. The first kappa shape index (κ1) is 36.1. The van der Waals surface area contributed by atoms with Crippen molar-refractivity contribution < 1.29 is 22.7 Å². The second-order valence-electron chi connectivity index (χ2n) is 10.6. The average molecular weight is 642 g/mol. The Balaban J connectivity index is 1.99. The molecule has 2 aromatic rings. The zero-order valence-electron chi connectivity index (χ0n) is 24.8. The number of ether oxygens (including phenoxy) is 1. The molecule has 0 bridgehead atoms. The van der Waals surface area contributed by atoms with Crippen molar-refractivity contribution >= 4 is 50.6 Å². The highest BCUT2D eigenvalue weighted by Crippen LogP contribution is 2.27. The van der Waals surface area contributed by atoms with Crippen LogP contribution in [0.1, 0.15) is 94.3 Å². The summed E-state index contributed by atoms with van der Waals surface area (Å²) in [5.74, 6) is -0.406. The number of nitrogens with one attached hydrogen (secondary N) is 2. The SMILES string of the molecule is CCCCCCCCCCCCCC(C(Cl)C(Cl)C(=O)c1ccc(OC)cc1)S(=O)(=O)NCC(=O)Nc1ccccc1. The third-order valence-electron chi connectivity index (χ3n) is 7.24. The Kier molecular flexibility index (Phi) is 17.1. The van der Waals surface area contributed by atoms with Gasteiger partial charge in [0.1, 0.15) is 11.1 Å². The predicted molar refractivity (Wildman–Crippen MR) is 173 cm³/mol. The molecule has 10 heteroatoms. The molecule has 2 rings (SSSR count). The van der Waals surface area contributed by atoms with Crippen LogP contribution in [0.15, 0.2) is 54.6 Å². The van der Waals surface area contributed by atoms with Gasteiger partial charge in [0.25, 0.3) is 0 Å². The van der Waals surface area contributed by atoms with Crippen LogP contribution in [0.25, 0.3) is 0 Å². The minimum Gasteiger partial charge on any atom is -0.497 e. The first-order valence-electron chi connectivity index (χ1n) is 15.0. The number of rotatable bonds is 22. The summed E-state index contributed by atoms with van der Waals surface area (Å²) < 4.78 is 34.4. The number of hydrogen-bond donors (Lipinski definition) is 2. The van der Waals surface area contributed by atoms with Crippen molar-refractivity contribution in [1.29, 1.82) is 0 Å². The summed E-state index contributed by atoms with van der Waals surface area (Å²) in [6, 6.07) is 15.2. The van der Waals surface area contributed by atoms with Gasteiger partial charge >= 0.3 is 0 Å². The monoisotopic (exact) mass is 640 g/mol. The molecule has 7 nitrogen and oxygen atoms in total. The van der Waals surface area contributed by atoms with E-state index in [1.54, 1.807) is 48.5 Å². The molecular weight excluding hydrogens is 595 g/mol. The fourth-order valence-electron chi connectivity index (χ4n) is 4.74. The molecule has 0 saturated heterocycles. The van der Waals surface area contributed by atoms with Crippen molar-refractivity contribution in [3.8, 4) is 5.75 Å². The smallest absolute Gasteiger partial charge is 0.239 e. The van der Waals surface area contributed by atoms with Gasteiger partial charge in [-0.25, -0.2) is 13.1 Å². The van der Waals surface area contributed by atoms with Crippen LogP contribution in [0.5, 0.6) is 5.75 Å². The van der Waals surface area contributed by atoms with Crippen LogP contribution in [0, 0.1) is 0 Å². The number of hydrogen-bond acceptors (Lipinski definition) is 5. The lowest BCUT2D eigenvalue weighted by atomic mass is 10.0. The second-order valence-corrected chi connectivity index (χ2v) is 13.5. The number of carbonyl (C=O) groups is 2. The van der Waals surface area contributed by atoms with E-state index in [4.69, 9.17) is 27.9 Å². The Bertz CT molecular complexity index is 1160. The number of alkyl halides is 2. The zero-order valence-corrected chi connectivity index (χ0v) is 27.2. The number of ketones is 1. The van der Waals surface area contributed by atoms with Crippen molar-refractivity contribution in [3.63, 3.8) is 0 Å². The largest absolute Gasteiger partial charge is 0.497 e. The number of carbonyl (C=O) groups excluding carboxylic acids is 2. The molecule has 0 aliphatic rings. The fourth-order valence-corrected chi connectivity index (χ4v) is 7.30. The molecule has 0 spiro atoms. The summed E-state index contributed by atoms with van der Waals surface area (Å²) in [6.07, 6.45) is 12.6. The van der Waals surface area contributed by atoms with Gasteiger partial charge in [0.2, 0.25) is 15.9 Å². The number of benzene rings is 2. The predicted octanol–water partition coefficient (Wildman–Crippen LogP) is 7.72. The van der Waals surface area contributed by atoms with E-state index >= 15 is 0 Å². The molecule has 0 saturated carbocycles. The van der Waals surface area contributed by atoms with Crippen molar-refractivity contribution in [3.05, 3.63) is 60.2 Å². The molecular formula is C32H46Cl2N2O5S. The quantitative estimate of drug-likeness (QED) is 0.0779. The van der Waals surface area contributed by atoms with E-state index in [2.05, 4.69) is 17.0 Å². The van der Waals surface area contributed by atoms with Gasteiger partial charge in [-0.1, -0.05) is 95.8 Å². The van der Waals surface area contributed by atoms with Crippen LogP contribution in [0.3, 0.4) is 0 Å². The number of amides is 1. The van der Waals surface area contributed by atoms with E-state index in [0.717, 1.165) is 19.3 Å². The number of unbranched alkanes of at least 4 members (excludes halogenated alkanes) is 10. The number of Topliss-reactive ketones (excluding diaryl/α,β-unsaturated/α-hetero) is 1. The lowest BCUT2D eigenvalue weighted by Crippen LogP contribution is -2.46. The summed E-state index contributed by atoms with van der Waals surface area (Å²) >= 11 is 13.2. The third kappa shape index (κ3) is 13.0. The molecule has 0 aliphatic carbocycles. The molecule has 0 aromatic heterocycles. The molecule has 2 aromatic carbocycles. The van der Waals surface area contributed by atoms with Crippen LogP contribution in [-0.4, -0.2) is 49.8 Å². The second kappa shape index (κ2) is 19.9. The Labute approximate surface area is 262 Å². The Morgan fingerprint density at radius 1 is 0.810 bits per heavy atom. The fraction of sp³-hybridized carbons (Fsp3) is 0.562. The molecule has 2 N–H and O–H groups in total. The topological polar surface area (TPSA) is 102 Å². The lowest BCUT2D eigenvalue weighted by molar-refractivity contribution is -0.115. The first-order chi connectivity index (χ1) is 20.2. The van der Waals surface area contributed by atoms with Gasteiger partial charge in [0, 0.05) is 11.3 Å².